The van der Waals surface area contributed by atoms with E-state index in [1.807, 2.05) is 6.07 Å². The fourth-order valence-electron chi connectivity index (χ4n) is 3.39. The van der Waals surface area contributed by atoms with E-state index in [-0.39, 0.29) is 17.5 Å². The smallest absolute Gasteiger partial charge is 0.338 e. The van der Waals surface area contributed by atoms with Crippen molar-refractivity contribution in [2.45, 2.75) is 25.8 Å². The molecule has 4 rings (SSSR count). The molecule has 1 fully saturated rings. The average molecular weight is 472 g/mol. The van der Waals surface area contributed by atoms with Crippen LogP contribution in [0, 0.1) is 0 Å². The number of nitrogens with one attached hydrogen (secondary N) is 2. The monoisotopic (exact) mass is 472 g/mol. The fraction of sp³-hybridized carbons (Fsp3) is 0.185. The summed E-state index contributed by atoms with van der Waals surface area (Å²) in [6, 6.07) is 20.5. The topological polar surface area (TPSA) is 111 Å². The standard InChI is InChI=1S/C27H24N2O6/c1-17(30)35-22-13-9-18(10-14-22)19-5-4-6-20(15-19)27(33)34-16-25(31)29-24-8-3-2-7-23(24)26(32)28-21-11-12-21/h2-10,13-15,21H,11-12,16H2,1H3,(H,28,32)(H,29,31). The van der Waals surface area contributed by atoms with Crippen LogP contribution in [0.4, 0.5) is 5.69 Å². The predicted octanol–water partition coefficient (Wildman–Crippen LogP) is 3.97. The molecule has 3 aromatic carbocycles. The van der Waals surface area contributed by atoms with Crippen molar-refractivity contribution in [2.75, 3.05) is 11.9 Å². The Morgan fingerprint density at radius 3 is 2.34 bits per heavy atom. The second-order valence-corrected chi connectivity index (χ2v) is 8.12. The van der Waals surface area contributed by atoms with Gasteiger partial charge >= 0.3 is 11.9 Å². The second-order valence-electron chi connectivity index (χ2n) is 8.12. The first-order chi connectivity index (χ1) is 16.9. The van der Waals surface area contributed by atoms with Gasteiger partial charge in [-0.05, 0) is 60.4 Å². The minimum Gasteiger partial charge on any atom is -0.452 e. The lowest BCUT2D eigenvalue weighted by Crippen LogP contribution is -2.28. The Bertz CT molecular complexity index is 1260. The number of amides is 2. The molecule has 1 aliphatic rings. The SMILES string of the molecule is CC(=O)Oc1ccc(-c2cccc(C(=O)OCC(=O)Nc3ccccc3C(=O)NC3CC3)c2)cc1. The number of para-hydroxylation sites is 1. The summed E-state index contributed by atoms with van der Waals surface area (Å²) in [6.45, 7) is 0.826. The zero-order valence-electron chi connectivity index (χ0n) is 19.1. The van der Waals surface area contributed by atoms with Gasteiger partial charge in [0.1, 0.15) is 5.75 Å². The van der Waals surface area contributed by atoms with Gasteiger partial charge in [0.2, 0.25) is 0 Å². The van der Waals surface area contributed by atoms with E-state index in [0.29, 0.717) is 17.0 Å². The molecule has 0 heterocycles. The second kappa shape index (κ2) is 10.6. The summed E-state index contributed by atoms with van der Waals surface area (Å²) in [5, 5.41) is 5.52. The maximum Gasteiger partial charge on any atom is 0.338 e. The van der Waals surface area contributed by atoms with Crippen LogP contribution in [0.15, 0.2) is 72.8 Å². The van der Waals surface area contributed by atoms with E-state index >= 15 is 0 Å². The van der Waals surface area contributed by atoms with Crippen molar-refractivity contribution in [3.63, 3.8) is 0 Å². The zero-order chi connectivity index (χ0) is 24.8. The van der Waals surface area contributed by atoms with Gasteiger partial charge in [-0.15, -0.1) is 0 Å². The summed E-state index contributed by atoms with van der Waals surface area (Å²) in [7, 11) is 0. The Hall–Kier alpha value is -4.46. The fourth-order valence-corrected chi connectivity index (χ4v) is 3.39. The molecule has 0 unspecified atom stereocenters. The molecule has 1 aliphatic carbocycles. The van der Waals surface area contributed by atoms with Crippen LogP contribution in [0.2, 0.25) is 0 Å². The van der Waals surface area contributed by atoms with E-state index in [1.165, 1.54) is 6.92 Å². The van der Waals surface area contributed by atoms with E-state index in [1.54, 1.807) is 66.7 Å². The van der Waals surface area contributed by atoms with Gasteiger partial charge in [0.25, 0.3) is 11.8 Å². The summed E-state index contributed by atoms with van der Waals surface area (Å²) in [5.41, 5.74) is 2.56. The van der Waals surface area contributed by atoms with Crippen molar-refractivity contribution in [3.8, 4) is 16.9 Å². The van der Waals surface area contributed by atoms with Crippen LogP contribution in [0.25, 0.3) is 11.1 Å². The summed E-state index contributed by atoms with van der Waals surface area (Å²) in [4.78, 5) is 48.4. The number of carbonyl (C=O) groups excluding carboxylic acids is 4. The highest BCUT2D eigenvalue weighted by Crippen LogP contribution is 2.24. The van der Waals surface area contributed by atoms with Crippen molar-refractivity contribution in [1.29, 1.82) is 0 Å². The summed E-state index contributed by atoms with van der Waals surface area (Å²) >= 11 is 0. The lowest BCUT2D eigenvalue weighted by molar-refractivity contribution is -0.131. The number of ether oxygens (including phenoxy) is 2. The molecule has 0 aromatic heterocycles. The molecular formula is C27H24N2O6. The molecule has 0 atom stereocenters. The Morgan fingerprint density at radius 1 is 0.886 bits per heavy atom. The molecule has 35 heavy (non-hydrogen) atoms. The molecule has 2 amide bonds. The normalized spacial score (nSPS) is 12.4. The van der Waals surface area contributed by atoms with E-state index in [0.717, 1.165) is 24.0 Å². The first-order valence-corrected chi connectivity index (χ1v) is 11.1. The van der Waals surface area contributed by atoms with Crippen molar-refractivity contribution in [3.05, 3.63) is 83.9 Å². The molecule has 0 radical (unpaired) electrons. The molecule has 0 bridgehead atoms. The van der Waals surface area contributed by atoms with Crippen LogP contribution in [0.5, 0.6) is 5.75 Å². The highest BCUT2D eigenvalue weighted by molar-refractivity contribution is 6.04. The lowest BCUT2D eigenvalue weighted by Gasteiger charge is -2.11. The number of esters is 2. The third-order valence-corrected chi connectivity index (χ3v) is 5.24. The van der Waals surface area contributed by atoms with E-state index < -0.39 is 24.5 Å². The van der Waals surface area contributed by atoms with Gasteiger partial charge in [-0.25, -0.2) is 4.79 Å². The third-order valence-electron chi connectivity index (χ3n) is 5.24. The molecule has 0 saturated heterocycles. The van der Waals surface area contributed by atoms with Gasteiger partial charge in [0.05, 0.1) is 16.8 Å². The van der Waals surface area contributed by atoms with Gasteiger partial charge in [-0.2, -0.15) is 0 Å². The molecular weight excluding hydrogens is 448 g/mol. The van der Waals surface area contributed by atoms with Crippen LogP contribution >= 0.6 is 0 Å². The van der Waals surface area contributed by atoms with Crippen LogP contribution in [-0.2, 0) is 14.3 Å². The van der Waals surface area contributed by atoms with Crippen molar-refractivity contribution >= 4 is 29.4 Å². The van der Waals surface area contributed by atoms with Gasteiger partial charge in [0.15, 0.2) is 6.61 Å². The number of hydrogen-bond acceptors (Lipinski definition) is 6. The van der Waals surface area contributed by atoms with Crippen molar-refractivity contribution in [2.24, 2.45) is 0 Å². The number of hydrogen-bond donors (Lipinski definition) is 2. The van der Waals surface area contributed by atoms with Crippen molar-refractivity contribution < 1.29 is 28.7 Å². The first kappa shape index (κ1) is 23.7. The zero-order valence-corrected chi connectivity index (χ0v) is 19.1. The summed E-state index contributed by atoms with van der Waals surface area (Å²) in [5.74, 6) is -1.44. The third kappa shape index (κ3) is 6.54. The molecule has 0 aliphatic heterocycles. The average Bonchev–Trinajstić information content (AvgIpc) is 3.67. The van der Waals surface area contributed by atoms with Gasteiger partial charge in [0, 0.05) is 13.0 Å². The predicted molar refractivity (Wildman–Crippen MR) is 129 cm³/mol. The number of anilines is 1. The Kier molecular flexibility index (Phi) is 7.21. The van der Waals surface area contributed by atoms with Crippen LogP contribution in [-0.4, -0.2) is 36.4 Å². The Labute approximate surface area is 202 Å². The van der Waals surface area contributed by atoms with Gasteiger partial charge < -0.3 is 20.1 Å². The molecule has 2 N–H and O–H groups in total. The minimum absolute atomic E-state index is 0.190. The van der Waals surface area contributed by atoms with Crippen LogP contribution in [0.1, 0.15) is 40.5 Å². The Morgan fingerprint density at radius 2 is 1.63 bits per heavy atom. The van der Waals surface area contributed by atoms with E-state index in [4.69, 9.17) is 9.47 Å². The highest BCUT2D eigenvalue weighted by Gasteiger charge is 2.25. The maximum absolute atomic E-state index is 12.5. The first-order valence-electron chi connectivity index (χ1n) is 11.1. The number of carbonyl (C=O) groups is 4. The van der Waals surface area contributed by atoms with Gasteiger partial charge in [-0.1, -0.05) is 36.4 Å². The number of rotatable bonds is 8. The van der Waals surface area contributed by atoms with Crippen LogP contribution in [0.3, 0.4) is 0 Å². The molecule has 3 aromatic rings. The van der Waals surface area contributed by atoms with E-state index in [9.17, 15) is 19.2 Å². The molecule has 1 saturated carbocycles. The highest BCUT2D eigenvalue weighted by atomic mass is 16.5. The Balaban J connectivity index is 1.35. The van der Waals surface area contributed by atoms with Crippen LogP contribution < -0.4 is 15.4 Å². The van der Waals surface area contributed by atoms with Crippen molar-refractivity contribution in [1.82, 2.24) is 5.32 Å². The molecule has 178 valence electrons. The quantitative estimate of drug-likeness (QED) is 0.379. The lowest BCUT2D eigenvalue weighted by atomic mass is 10.0. The molecule has 8 heteroatoms. The minimum atomic E-state index is -0.654. The molecule has 0 spiro atoms. The van der Waals surface area contributed by atoms with Gasteiger partial charge in [-0.3, -0.25) is 14.4 Å². The maximum atomic E-state index is 12.5. The summed E-state index contributed by atoms with van der Waals surface area (Å²) < 4.78 is 10.2. The summed E-state index contributed by atoms with van der Waals surface area (Å²) in [6.07, 6.45) is 1.91. The number of benzene rings is 3. The molecule has 8 nitrogen and oxygen atoms in total. The van der Waals surface area contributed by atoms with E-state index in [2.05, 4.69) is 10.6 Å². The largest absolute Gasteiger partial charge is 0.452 e.